The lowest BCUT2D eigenvalue weighted by Gasteiger charge is -2.40. The van der Waals surface area contributed by atoms with Gasteiger partial charge in [-0.1, -0.05) is 57.5 Å². The third-order valence-corrected chi connectivity index (χ3v) is 7.98. The number of unbranched alkanes of at least 4 members (excludes halogenated alkanes) is 2. The van der Waals surface area contributed by atoms with Crippen molar-refractivity contribution < 1.29 is 50.6 Å². The molecule has 3 aromatic rings. The fraction of sp³-hybridized carbons (Fsp3) is 0.417. The van der Waals surface area contributed by atoms with E-state index in [4.69, 9.17) is 15.5 Å². The zero-order valence-corrected chi connectivity index (χ0v) is 29.0. The number of rotatable bonds is 14. The Hall–Kier alpha value is -4.99. The summed E-state index contributed by atoms with van der Waals surface area (Å²) < 4.78 is 73.6. The first-order valence-electron chi connectivity index (χ1n) is 16.5. The van der Waals surface area contributed by atoms with E-state index in [9.17, 15) is 40.9 Å². The molecule has 52 heavy (non-hydrogen) atoms. The van der Waals surface area contributed by atoms with Crippen molar-refractivity contribution in [2.24, 2.45) is 11.1 Å². The fourth-order valence-corrected chi connectivity index (χ4v) is 5.59. The first kappa shape index (κ1) is 41.4. The van der Waals surface area contributed by atoms with E-state index in [1.165, 1.54) is 17.1 Å². The molecule has 2 N–H and O–H groups in total. The van der Waals surface area contributed by atoms with Gasteiger partial charge in [0.2, 0.25) is 5.91 Å². The highest BCUT2D eigenvalue weighted by molar-refractivity contribution is 6.12. The van der Waals surface area contributed by atoms with E-state index in [0.29, 0.717) is 57.7 Å². The second-order valence-electron chi connectivity index (χ2n) is 13.1. The Morgan fingerprint density at radius 1 is 0.942 bits per heavy atom. The van der Waals surface area contributed by atoms with Gasteiger partial charge in [0.15, 0.2) is 0 Å². The molecule has 1 aliphatic heterocycles. The van der Waals surface area contributed by atoms with Crippen LogP contribution in [0.15, 0.2) is 66.9 Å². The van der Waals surface area contributed by atoms with Crippen molar-refractivity contribution in [2.75, 3.05) is 19.6 Å². The Balaban J connectivity index is 0.000000815. The number of carbonyl (C=O) groups is 4. The van der Waals surface area contributed by atoms with Gasteiger partial charge in [-0.05, 0) is 55.0 Å². The van der Waals surface area contributed by atoms with Gasteiger partial charge >= 0.3 is 12.1 Å². The second kappa shape index (κ2) is 18.5. The number of benzene rings is 2. The van der Waals surface area contributed by atoms with Crippen LogP contribution in [0.3, 0.4) is 0 Å². The summed E-state index contributed by atoms with van der Waals surface area (Å²) in [5.41, 5.74) is 6.74. The molecule has 3 amide bonds. The minimum Gasteiger partial charge on any atom is -0.332 e. The zero-order valence-electron chi connectivity index (χ0n) is 29.0. The highest BCUT2D eigenvalue weighted by atomic mass is 19.4. The lowest BCUT2D eigenvalue weighted by atomic mass is 9.84. The number of hydrogen-bond acceptors (Lipinski definition) is 7. The summed E-state index contributed by atoms with van der Waals surface area (Å²) in [6.45, 7) is 7.63. The smallest absolute Gasteiger partial charge is 0.332 e. The normalized spacial score (nSPS) is 13.5. The summed E-state index contributed by atoms with van der Waals surface area (Å²) in [5, 5.41) is 0. The van der Waals surface area contributed by atoms with E-state index >= 15 is 0 Å². The van der Waals surface area contributed by atoms with Crippen LogP contribution in [0, 0.1) is 17.0 Å². The standard InChI is InChI=1S/C34H41F2N5O3.C2F4O2/c1-34(2,3)32(41(20-10-18-37)29(42)13-8-5-9-19-40-30(43)16-17-31(40)44)33-38-28(26-21-25(35)14-15-27(26)36)23-39(33)22-24-11-6-4-7-12-24;3-2(4,5)1(7)8-6/h4,6-7,11-12,14-17,21,23,32H,5,8-10,13,18-20,22,37H2,1-3H3;. The summed E-state index contributed by atoms with van der Waals surface area (Å²) in [5.74, 6) is -4.10. The van der Waals surface area contributed by atoms with Crippen LogP contribution in [0.4, 0.5) is 26.5 Å². The molecular formula is C36H41F6N5O5. The quantitative estimate of drug-likeness (QED) is 0.112. The van der Waals surface area contributed by atoms with Gasteiger partial charge in [-0.15, -0.1) is 0 Å². The Morgan fingerprint density at radius 2 is 1.60 bits per heavy atom. The molecule has 0 fully saturated rings. The molecule has 2 aromatic carbocycles. The monoisotopic (exact) mass is 737 g/mol. The molecule has 0 saturated heterocycles. The molecule has 2 heterocycles. The topological polar surface area (TPSA) is 128 Å². The van der Waals surface area contributed by atoms with E-state index < -0.39 is 35.2 Å². The molecule has 4 rings (SSSR count). The first-order chi connectivity index (χ1) is 24.5. The molecule has 0 saturated carbocycles. The number of hydrogen-bond donors (Lipinski definition) is 1. The maximum absolute atomic E-state index is 14.9. The molecule has 0 aliphatic carbocycles. The Labute approximate surface area is 297 Å². The number of imide groups is 1. The van der Waals surface area contributed by atoms with E-state index in [1.54, 1.807) is 6.20 Å². The van der Waals surface area contributed by atoms with Crippen LogP contribution in [0.25, 0.3) is 11.3 Å². The van der Waals surface area contributed by atoms with Crippen LogP contribution in [-0.2, 0) is 30.7 Å². The maximum atomic E-state index is 14.9. The van der Waals surface area contributed by atoms with Crippen LogP contribution >= 0.6 is 0 Å². The third kappa shape index (κ3) is 11.5. The van der Waals surface area contributed by atoms with E-state index in [0.717, 1.165) is 23.8 Å². The molecule has 0 spiro atoms. The molecule has 282 valence electrons. The van der Waals surface area contributed by atoms with Gasteiger partial charge in [-0.25, -0.2) is 23.5 Å². The molecule has 0 bridgehead atoms. The predicted octanol–water partition coefficient (Wildman–Crippen LogP) is 6.60. The Bertz CT molecular complexity index is 1700. The molecule has 16 heteroatoms. The van der Waals surface area contributed by atoms with Gasteiger partial charge in [0.05, 0.1) is 11.7 Å². The predicted molar refractivity (Wildman–Crippen MR) is 178 cm³/mol. The Morgan fingerprint density at radius 3 is 2.15 bits per heavy atom. The number of carbonyl (C=O) groups excluding carboxylic acids is 4. The lowest BCUT2D eigenvalue weighted by molar-refractivity contribution is -0.234. The number of imidazole rings is 1. The summed E-state index contributed by atoms with van der Waals surface area (Å²) in [4.78, 5) is 56.4. The Kier molecular flexibility index (Phi) is 14.7. The second-order valence-corrected chi connectivity index (χ2v) is 13.1. The van der Waals surface area contributed by atoms with Gasteiger partial charge in [-0.2, -0.15) is 13.2 Å². The van der Waals surface area contributed by atoms with Crippen molar-refractivity contribution in [2.45, 2.75) is 71.6 Å². The summed E-state index contributed by atoms with van der Waals surface area (Å²) >= 11 is 0. The molecule has 1 unspecified atom stereocenters. The number of nitrogens with two attached hydrogens (primary N) is 1. The van der Waals surface area contributed by atoms with Crippen LogP contribution in [0.2, 0.25) is 0 Å². The SMILES string of the molecule is CC(C)(C)C(c1nc(-c2cc(F)ccc2F)cn1Cc1ccccc1)N(CCCN)C(=O)CCCCCN1C(=O)C=CC1=O.O=C(OF)C(F)(F)F. The lowest BCUT2D eigenvalue weighted by Crippen LogP contribution is -2.43. The van der Waals surface area contributed by atoms with Crippen LogP contribution in [-0.4, -0.2) is 68.9 Å². The highest BCUT2D eigenvalue weighted by Crippen LogP contribution is 2.40. The van der Waals surface area contributed by atoms with Crippen molar-refractivity contribution in [3.63, 3.8) is 0 Å². The van der Waals surface area contributed by atoms with Crippen molar-refractivity contribution in [3.8, 4) is 11.3 Å². The van der Waals surface area contributed by atoms with Crippen LogP contribution < -0.4 is 5.73 Å². The van der Waals surface area contributed by atoms with Crippen molar-refractivity contribution in [1.82, 2.24) is 19.4 Å². The number of nitrogens with zero attached hydrogens (tertiary/aromatic N) is 4. The average Bonchev–Trinajstić information content (AvgIpc) is 3.64. The number of amides is 3. The molecular weight excluding hydrogens is 696 g/mol. The number of halogens is 6. The fourth-order valence-electron chi connectivity index (χ4n) is 5.59. The van der Waals surface area contributed by atoms with E-state index in [-0.39, 0.29) is 35.4 Å². The van der Waals surface area contributed by atoms with Gasteiger partial charge in [-0.3, -0.25) is 19.3 Å². The zero-order chi connectivity index (χ0) is 38.6. The van der Waals surface area contributed by atoms with Gasteiger partial charge in [0.25, 0.3) is 11.8 Å². The van der Waals surface area contributed by atoms with Crippen molar-refractivity contribution in [1.29, 1.82) is 0 Å². The molecule has 0 radical (unpaired) electrons. The maximum Gasteiger partial charge on any atom is 0.494 e. The van der Waals surface area contributed by atoms with Crippen LogP contribution in [0.1, 0.15) is 70.3 Å². The first-order valence-corrected chi connectivity index (χ1v) is 16.5. The molecule has 10 nitrogen and oxygen atoms in total. The summed E-state index contributed by atoms with van der Waals surface area (Å²) in [6.07, 6.45) is 1.72. The van der Waals surface area contributed by atoms with Gasteiger partial charge in [0, 0.05) is 54.5 Å². The third-order valence-electron chi connectivity index (χ3n) is 7.98. The van der Waals surface area contributed by atoms with Crippen molar-refractivity contribution in [3.05, 3.63) is 89.9 Å². The molecule has 1 aliphatic rings. The minimum atomic E-state index is -5.23. The van der Waals surface area contributed by atoms with Crippen LogP contribution in [0.5, 0.6) is 0 Å². The number of aromatic nitrogens is 2. The average molecular weight is 738 g/mol. The highest BCUT2D eigenvalue weighted by Gasteiger charge is 2.42. The van der Waals surface area contributed by atoms with Crippen molar-refractivity contribution >= 4 is 23.7 Å². The summed E-state index contributed by atoms with van der Waals surface area (Å²) in [7, 11) is 0. The largest absolute Gasteiger partial charge is 0.494 e. The van der Waals surface area contributed by atoms with E-state index in [1.807, 2.05) is 65.5 Å². The molecule has 1 aromatic heterocycles. The summed E-state index contributed by atoms with van der Waals surface area (Å²) in [6, 6.07) is 12.6. The minimum absolute atomic E-state index is 0.0516. The van der Waals surface area contributed by atoms with Gasteiger partial charge in [0.1, 0.15) is 17.5 Å². The number of alkyl halides is 3. The van der Waals surface area contributed by atoms with E-state index in [2.05, 4.69) is 0 Å². The molecule has 1 atom stereocenters. The van der Waals surface area contributed by atoms with Gasteiger partial charge < -0.3 is 15.2 Å².